The third-order valence-corrected chi connectivity index (χ3v) is 4.28. The lowest BCUT2D eigenvalue weighted by Crippen LogP contribution is -2.24. The third kappa shape index (κ3) is 3.22. The number of imidazole rings is 1. The van der Waals surface area contributed by atoms with Gasteiger partial charge in [0.15, 0.2) is 0 Å². The van der Waals surface area contributed by atoms with Crippen molar-refractivity contribution in [3.63, 3.8) is 0 Å². The van der Waals surface area contributed by atoms with Crippen LogP contribution in [0.2, 0.25) is 0 Å². The van der Waals surface area contributed by atoms with Gasteiger partial charge in [-0.3, -0.25) is 9.36 Å². The predicted molar refractivity (Wildman–Crippen MR) is 104 cm³/mol. The number of rotatable bonds is 5. The summed E-state index contributed by atoms with van der Waals surface area (Å²) < 4.78 is 1.93. The van der Waals surface area contributed by atoms with Crippen LogP contribution in [-0.2, 0) is 6.54 Å². The van der Waals surface area contributed by atoms with Gasteiger partial charge in [-0.1, -0.05) is 18.2 Å². The summed E-state index contributed by atoms with van der Waals surface area (Å²) >= 11 is 0. The Kier molecular flexibility index (Phi) is 4.49. The summed E-state index contributed by atoms with van der Waals surface area (Å²) in [5.41, 5.74) is 3.25. The zero-order chi connectivity index (χ0) is 18.6. The Morgan fingerprint density at radius 1 is 1.00 bits per heavy atom. The van der Waals surface area contributed by atoms with Crippen molar-refractivity contribution in [2.45, 2.75) is 6.54 Å². The molecule has 0 fully saturated rings. The number of anilines is 1. The maximum absolute atomic E-state index is 12.6. The second-order valence-electron chi connectivity index (χ2n) is 5.92. The number of pyridine rings is 2. The molecule has 0 radical (unpaired) electrons. The molecule has 0 bridgehead atoms. The number of aromatic nitrogens is 4. The Bertz CT molecular complexity index is 1100. The number of nitrogens with zero attached hydrogens (tertiary/aromatic N) is 4. The summed E-state index contributed by atoms with van der Waals surface area (Å²) in [6.07, 6.45) is 5.13. The molecule has 1 aromatic carbocycles. The van der Waals surface area contributed by atoms with Gasteiger partial charge in [-0.25, -0.2) is 15.0 Å². The van der Waals surface area contributed by atoms with Crippen LogP contribution in [0.4, 0.5) is 5.82 Å². The maximum Gasteiger partial charge on any atom is 0.255 e. The number of amides is 1. The normalized spacial score (nSPS) is 10.7. The van der Waals surface area contributed by atoms with E-state index in [4.69, 9.17) is 0 Å². The van der Waals surface area contributed by atoms with E-state index in [1.807, 2.05) is 41.0 Å². The molecule has 4 aromatic rings. The number of fused-ring (bicyclic) bond motifs is 1. The van der Waals surface area contributed by atoms with Crippen molar-refractivity contribution in [1.29, 1.82) is 0 Å². The molecule has 0 spiro atoms. The quantitative estimate of drug-likeness (QED) is 0.573. The summed E-state index contributed by atoms with van der Waals surface area (Å²) in [4.78, 5) is 25.7. The highest BCUT2D eigenvalue weighted by Crippen LogP contribution is 2.19. The number of carbonyl (C=O) groups is 1. The van der Waals surface area contributed by atoms with Gasteiger partial charge in [-0.2, -0.15) is 0 Å². The van der Waals surface area contributed by atoms with Crippen molar-refractivity contribution in [1.82, 2.24) is 24.8 Å². The van der Waals surface area contributed by atoms with Crippen LogP contribution in [0.15, 0.2) is 67.3 Å². The predicted octanol–water partition coefficient (Wildman–Crippen LogP) is 2.79. The van der Waals surface area contributed by atoms with Crippen molar-refractivity contribution in [2.75, 3.05) is 12.4 Å². The fraction of sp³-hybridized carbons (Fsp3) is 0.100. The Hall–Kier alpha value is -3.74. The molecule has 0 aliphatic heterocycles. The van der Waals surface area contributed by atoms with E-state index in [9.17, 15) is 4.79 Å². The van der Waals surface area contributed by atoms with E-state index < -0.39 is 0 Å². The summed E-state index contributed by atoms with van der Waals surface area (Å²) in [6, 6.07) is 15.1. The maximum atomic E-state index is 12.6. The first-order valence-corrected chi connectivity index (χ1v) is 8.55. The van der Waals surface area contributed by atoms with Gasteiger partial charge in [0.2, 0.25) is 0 Å². The molecule has 1 amide bonds. The summed E-state index contributed by atoms with van der Waals surface area (Å²) in [7, 11) is 1.74. The van der Waals surface area contributed by atoms with Gasteiger partial charge < -0.3 is 10.6 Å². The van der Waals surface area contributed by atoms with Gasteiger partial charge in [-0.05, 0) is 30.3 Å². The highest BCUT2D eigenvalue weighted by Gasteiger charge is 2.14. The Balaban J connectivity index is 1.62. The molecule has 0 atom stereocenters. The highest BCUT2D eigenvalue weighted by molar-refractivity contribution is 5.98. The SMILES string of the molecule is CNc1ncccc1C(=O)NCc1cccnc1-n1cnc2ccccc21. The molecule has 3 heterocycles. The lowest BCUT2D eigenvalue weighted by molar-refractivity contribution is 0.0951. The molecule has 27 heavy (non-hydrogen) atoms. The van der Waals surface area contributed by atoms with Gasteiger partial charge in [0.1, 0.15) is 18.0 Å². The fourth-order valence-electron chi connectivity index (χ4n) is 2.97. The minimum absolute atomic E-state index is 0.197. The second-order valence-corrected chi connectivity index (χ2v) is 5.92. The smallest absolute Gasteiger partial charge is 0.255 e. The van der Waals surface area contributed by atoms with E-state index in [1.165, 1.54) is 0 Å². The fourth-order valence-corrected chi connectivity index (χ4v) is 2.97. The van der Waals surface area contributed by atoms with Crippen LogP contribution in [0.3, 0.4) is 0 Å². The van der Waals surface area contributed by atoms with Crippen LogP contribution >= 0.6 is 0 Å². The summed E-state index contributed by atoms with van der Waals surface area (Å²) in [6.45, 7) is 0.340. The zero-order valence-electron chi connectivity index (χ0n) is 14.8. The van der Waals surface area contributed by atoms with Crippen molar-refractivity contribution in [3.8, 4) is 5.82 Å². The molecular formula is C20H18N6O. The minimum atomic E-state index is -0.197. The highest BCUT2D eigenvalue weighted by atomic mass is 16.1. The van der Waals surface area contributed by atoms with E-state index in [0.29, 0.717) is 17.9 Å². The van der Waals surface area contributed by atoms with Gasteiger partial charge in [0, 0.05) is 31.5 Å². The second kappa shape index (κ2) is 7.25. The zero-order valence-corrected chi connectivity index (χ0v) is 14.8. The molecule has 0 saturated heterocycles. The summed E-state index contributed by atoms with van der Waals surface area (Å²) in [5.74, 6) is 1.09. The van der Waals surface area contributed by atoms with Crippen molar-refractivity contribution < 1.29 is 4.79 Å². The lowest BCUT2D eigenvalue weighted by atomic mass is 10.2. The average molecular weight is 358 g/mol. The molecule has 0 unspecified atom stereocenters. The number of hydrogen-bond acceptors (Lipinski definition) is 5. The van der Waals surface area contributed by atoms with E-state index in [0.717, 1.165) is 22.4 Å². The van der Waals surface area contributed by atoms with E-state index in [1.54, 1.807) is 37.9 Å². The topological polar surface area (TPSA) is 84.7 Å². The van der Waals surface area contributed by atoms with Crippen LogP contribution in [0.1, 0.15) is 15.9 Å². The standard InChI is InChI=1S/C20H18N6O/c1-21-18-15(7-5-10-22-18)20(27)24-12-14-6-4-11-23-19(14)26-13-25-16-8-2-3-9-17(16)26/h2-11,13H,12H2,1H3,(H,21,22)(H,24,27). The van der Waals surface area contributed by atoms with E-state index >= 15 is 0 Å². The number of hydrogen-bond donors (Lipinski definition) is 2. The largest absolute Gasteiger partial charge is 0.372 e. The average Bonchev–Trinajstić information content (AvgIpc) is 3.16. The van der Waals surface area contributed by atoms with Gasteiger partial charge >= 0.3 is 0 Å². The molecular weight excluding hydrogens is 340 g/mol. The Morgan fingerprint density at radius 3 is 2.70 bits per heavy atom. The molecule has 0 aliphatic carbocycles. The molecule has 134 valence electrons. The molecule has 0 aliphatic rings. The number of nitrogens with one attached hydrogen (secondary N) is 2. The number of benzene rings is 1. The van der Waals surface area contributed by atoms with Crippen LogP contribution < -0.4 is 10.6 Å². The minimum Gasteiger partial charge on any atom is -0.372 e. The monoisotopic (exact) mass is 358 g/mol. The number of para-hydroxylation sites is 2. The molecule has 2 N–H and O–H groups in total. The lowest BCUT2D eigenvalue weighted by Gasteiger charge is -2.12. The van der Waals surface area contributed by atoms with Crippen molar-refractivity contribution in [3.05, 3.63) is 78.4 Å². The first-order chi connectivity index (χ1) is 13.3. The van der Waals surface area contributed by atoms with Crippen molar-refractivity contribution >= 4 is 22.8 Å². The number of carbonyl (C=O) groups excluding carboxylic acids is 1. The van der Waals surface area contributed by atoms with Gasteiger partial charge in [0.05, 0.1) is 16.6 Å². The van der Waals surface area contributed by atoms with E-state index in [-0.39, 0.29) is 5.91 Å². The van der Waals surface area contributed by atoms with Crippen LogP contribution in [0, 0.1) is 0 Å². The molecule has 0 saturated carbocycles. The van der Waals surface area contributed by atoms with Crippen molar-refractivity contribution in [2.24, 2.45) is 0 Å². The Morgan fingerprint density at radius 2 is 1.81 bits per heavy atom. The third-order valence-electron chi connectivity index (χ3n) is 4.28. The van der Waals surface area contributed by atoms with Gasteiger partial charge in [0.25, 0.3) is 5.91 Å². The first-order valence-electron chi connectivity index (χ1n) is 8.55. The first kappa shape index (κ1) is 16.7. The van der Waals surface area contributed by atoms with Crippen LogP contribution in [-0.4, -0.2) is 32.5 Å². The molecule has 7 heteroatoms. The molecule has 7 nitrogen and oxygen atoms in total. The molecule has 3 aromatic heterocycles. The van der Waals surface area contributed by atoms with Crippen LogP contribution in [0.25, 0.3) is 16.9 Å². The summed E-state index contributed by atoms with van der Waals surface area (Å²) in [5, 5.41) is 5.88. The van der Waals surface area contributed by atoms with E-state index in [2.05, 4.69) is 25.6 Å². The van der Waals surface area contributed by atoms with Crippen LogP contribution in [0.5, 0.6) is 0 Å². The Labute approximate surface area is 156 Å². The van der Waals surface area contributed by atoms with Gasteiger partial charge in [-0.15, -0.1) is 0 Å². The molecule has 4 rings (SSSR count).